The van der Waals surface area contributed by atoms with Crippen LogP contribution in [0.2, 0.25) is 0 Å². The lowest BCUT2D eigenvalue weighted by molar-refractivity contribution is 0.248. The van der Waals surface area contributed by atoms with E-state index in [0.29, 0.717) is 0 Å². The minimum absolute atomic E-state index is 0.951. The Bertz CT molecular complexity index is 587. The summed E-state index contributed by atoms with van der Waals surface area (Å²) in [5.41, 5.74) is 9.73. The average molecular weight is 337 g/mol. The fourth-order valence-electron chi connectivity index (χ4n) is 2.65. The van der Waals surface area contributed by atoms with E-state index in [2.05, 4.69) is 46.0 Å². The summed E-state index contributed by atoms with van der Waals surface area (Å²) >= 11 is 5.47. The lowest BCUT2D eigenvalue weighted by Gasteiger charge is -2.29. The fraction of sp³-hybridized carbons (Fsp3) is 0.333. The molecule has 0 saturated carbocycles. The predicted octanol–water partition coefficient (Wildman–Crippen LogP) is 3.96. The molecule has 1 aromatic carbocycles. The summed E-state index contributed by atoms with van der Waals surface area (Å²) in [6, 6.07) is 8.51. The smallest absolute Gasteiger partial charge is 0.0350 e. The summed E-state index contributed by atoms with van der Waals surface area (Å²) in [6.45, 7) is 5.29. The number of aryl methyl sites for hydroxylation is 1. The summed E-state index contributed by atoms with van der Waals surface area (Å²) in [7, 11) is 0. The Balaban J connectivity index is 1.75. The van der Waals surface area contributed by atoms with Gasteiger partial charge in [0.25, 0.3) is 0 Å². The fourth-order valence-corrected chi connectivity index (χ4v) is 4.29. The van der Waals surface area contributed by atoms with Crippen LogP contribution in [0.4, 0.5) is 5.69 Å². The third-order valence-electron chi connectivity index (χ3n) is 3.67. The van der Waals surface area contributed by atoms with Gasteiger partial charge in [0.1, 0.15) is 0 Å². The van der Waals surface area contributed by atoms with Crippen molar-refractivity contribution in [2.45, 2.75) is 26.4 Å². The number of thiophene rings is 1. The molecule has 2 heterocycles. The van der Waals surface area contributed by atoms with Gasteiger partial charge < -0.3 is 5.73 Å². The number of anilines is 1. The number of halogens is 1. The van der Waals surface area contributed by atoms with Gasteiger partial charge in [-0.15, -0.1) is 11.3 Å². The molecule has 0 spiro atoms. The second-order valence-corrected chi connectivity index (χ2v) is 7.26. The molecular formula is C15H17BrN2S. The molecule has 1 aliphatic heterocycles. The molecule has 1 aromatic heterocycles. The molecular weight excluding hydrogens is 320 g/mol. The Morgan fingerprint density at radius 2 is 2.26 bits per heavy atom. The normalized spacial score (nSPS) is 15.5. The second kappa shape index (κ2) is 5.27. The van der Waals surface area contributed by atoms with E-state index in [-0.39, 0.29) is 0 Å². The van der Waals surface area contributed by atoms with Gasteiger partial charge in [-0.3, -0.25) is 4.90 Å². The van der Waals surface area contributed by atoms with E-state index in [1.807, 2.05) is 17.4 Å². The molecule has 100 valence electrons. The molecule has 0 unspecified atom stereocenters. The van der Waals surface area contributed by atoms with Gasteiger partial charge in [0.15, 0.2) is 0 Å². The molecule has 2 aromatic rings. The van der Waals surface area contributed by atoms with Crippen LogP contribution < -0.4 is 5.73 Å². The second-order valence-electron chi connectivity index (χ2n) is 5.06. The highest BCUT2D eigenvalue weighted by atomic mass is 79.9. The largest absolute Gasteiger partial charge is 0.398 e. The number of nitrogens with zero attached hydrogens (tertiary/aromatic N) is 1. The van der Waals surface area contributed by atoms with Crippen LogP contribution in [0.1, 0.15) is 20.9 Å². The molecule has 4 heteroatoms. The van der Waals surface area contributed by atoms with Crippen molar-refractivity contribution in [1.82, 2.24) is 4.90 Å². The lowest BCUT2D eigenvalue weighted by Crippen LogP contribution is -2.30. The maximum absolute atomic E-state index is 6.04. The highest BCUT2D eigenvalue weighted by molar-refractivity contribution is 9.10. The van der Waals surface area contributed by atoms with Crippen molar-refractivity contribution in [3.05, 3.63) is 49.6 Å². The first kappa shape index (κ1) is 13.2. The van der Waals surface area contributed by atoms with Gasteiger partial charge in [0.2, 0.25) is 0 Å². The van der Waals surface area contributed by atoms with Crippen molar-refractivity contribution in [3.8, 4) is 0 Å². The first-order valence-corrected chi connectivity index (χ1v) is 8.08. The molecule has 0 atom stereocenters. The highest BCUT2D eigenvalue weighted by Gasteiger charge is 2.18. The van der Waals surface area contributed by atoms with E-state index in [1.165, 1.54) is 25.4 Å². The Hall–Kier alpha value is -0.840. The van der Waals surface area contributed by atoms with Crippen LogP contribution >= 0.6 is 27.3 Å². The first-order chi connectivity index (χ1) is 9.13. The third kappa shape index (κ3) is 2.71. The topological polar surface area (TPSA) is 29.3 Å². The summed E-state index contributed by atoms with van der Waals surface area (Å²) < 4.78 is 1.23. The van der Waals surface area contributed by atoms with E-state index in [9.17, 15) is 0 Å². The van der Waals surface area contributed by atoms with Gasteiger partial charge in [0, 0.05) is 39.5 Å². The van der Waals surface area contributed by atoms with Gasteiger partial charge in [-0.1, -0.05) is 12.1 Å². The van der Waals surface area contributed by atoms with E-state index in [4.69, 9.17) is 5.73 Å². The molecule has 3 rings (SSSR count). The maximum atomic E-state index is 6.04. The predicted molar refractivity (Wildman–Crippen MR) is 85.4 cm³/mol. The zero-order valence-electron chi connectivity index (χ0n) is 10.9. The molecule has 1 aliphatic rings. The minimum Gasteiger partial charge on any atom is -0.398 e. The Kier molecular flexibility index (Phi) is 3.65. The van der Waals surface area contributed by atoms with Gasteiger partial charge in [-0.05, 0) is 52.5 Å². The Morgan fingerprint density at radius 3 is 3.00 bits per heavy atom. The van der Waals surface area contributed by atoms with E-state index >= 15 is 0 Å². The van der Waals surface area contributed by atoms with Gasteiger partial charge in [0.05, 0.1) is 0 Å². The number of hydrogen-bond donors (Lipinski definition) is 1. The molecule has 0 bridgehead atoms. The molecule has 0 saturated heterocycles. The van der Waals surface area contributed by atoms with Crippen molar-refractivity contribution in [2.24, 2.45) is 0 Å². The van der Waals surface area contributed by atoms with Crippen LogP contribution in [0, 0.1) is 6.92 Å². The summed E-state index contributed by atoms with van der Waals surface area (Å²) in [5, 5.41) is 0. The first-order valence-electron chi connectivity index (χ1n) is 6.47. The van der Waals surface area contributed by atoms with Crippen molar-refractivity contribution < 1.29 is 0 Å². The van der Waals surface area contributed by atoms with Crippen molar-refractivity contribution in [2.75, 3.05) is 12.3 Å². The van der Waals surface area contributed by atoms with E-state index in [0.717, 1.165) is 31.7 Å². The molecule has 2 nitrogen and oxygen atoms in total. The maximum Gasteiger partial charge on any atom is 0.0350 e. The van der Waals surface area contributed by atoms with E-state index in [1.54, 1.807) is 0 Å². The Labute approximate surface area is 126 Å². The molecule has 0 fully saturated rings. The van der Waals surface area contributed by atoms with Gasteiger partial charge in [-0.2, -0.15) is 0 Å². The van der Waals surface area contributed by atoms with Crippen LogP contribution in [0.25, 0.3) is 0 Å². The van der Waals surface area contributed by atoms with Gasteiger partial charge in [-0.25, -0.2) is 0 Å². The summed E-state index contributed by atoms with van der Waals surface area (Å²) in [4.78, 5) is 5.29. The summed E-state index contributed by atoms with van der Waals surface area (Å²) in [6.07, 6.45) is 1.06. The van der Waals surface area contributed by atoms with Crippen LogP contribution in [0.15, 0.2) is 28.7 Å². The number of fused-ring (bicyclic) bond motifs is 1. The zero-order valence-corrected chi connectivity index (χ0v) is 13.4. The van der Waals surface area contributed by atoms with Crippen molar-refractivity contribution in [3.63, 3.8) is 0 Å². The molecule has 19 heavy (non-hydrogen) atoms. The standard InChI is InChI=1S/C15H17BrN2S/c1-10-14(16)7-12(19-10)9-18-6-5-13-11(8-18)3-2-4-15(13)17/h2-4,7H,5-6,8-9,17H2,1H3. The number of benzene rings is 1. The molecule has 2 N–H and O–H groups in total. The van der Waals surface area contributed by atoms with Crippen LogP contribution in [0.5, 0.6) is 0 Å². The SMILES string of the molecule is Cc1sc(CN2CCc3c(N)cccc3C2)cc1Br. The van der Waals surface area contributed by atoms with Crippen LogP contribution in [-0.2, 0) is 19.5 Å². The third-order valence-corrected chi connectivity index (χ3v) is 5.79. The number of hydrogen-bond acceptors (Lipinski definition) is 3. The van der Waals surface area contributed by atoms with Gasteiger partial charge >= 0.3 is 0 Å². The summed E-state index contributed by atoms with van der Waals surface area (Å²) in [5.74, 6) is 0. The minimum atomic E-state index is 0.951. The Morgan fingerprint density at radius 1 is 1.42 bits per heavy atom. The number of nitrogen functional groups attached to an aromatic ring is 1. The number of rotatable bonds is 2. The molecule has 0 aliphatic carbocycles. The van der Waals surface area contributed by atoms with Crippen molar-refractivity contribution >= 4 is 33.0 Å². The van der Waals surface area contributed by atoms with Crippen molar-refractivity contribution in [1.29, 1.82) is 0 Å². The molecule has 0 amide bonds. The molecule has 0 radical (unpaired) electrons. The average Bonchev–Trinajstić information content (AvgIpc) is 2.68. The monoisotopic (exact) mass is 336 g/mol. The lowest BCUT2D eigenvalue weighted by atomic mass is 9.98. The van der Waals surface area contributed by atoms with E-state index < -0.39 is 0 Å². The number of nitrogens with two attached hydrogens (primary N) is 1. The van der Waals surface area contributed by atoms with Crippen LogP contribution in [0.3, 0.4) is 0 Å². The highest BCUT2D eigenvalue weighted by Crippen LogP contribution is 2.29. The van der Waals surface area contributed by atoms with Crippen LogP contribution in [-0.4, -0.2) is 11.4 Å². The zero-order chi connectivity index (χ0) is 13.4. The quantitative estimate of drug-likeness (QED) is 0.841.